The van der Waals surface area contributed by atoms with Crippen molar-refractivity contribution in [2.75, 3.05) is 13.2 Å². The van der Waals surface area contributed by atoms with Crippen LogP contribution >= 0.6 is 0 Å². The number of rotatable bonds is 7. The molecule has 0 aliphatic rings. The number of benzene rings is 1. The van der Waals surface area contributed by atoms with Crippen LogP contribution in [-0.2, 0) is 11.3 Å². The molecule has 0 radical (unpaired) electrons. The normalized spacial score (nSPS) is 11.0. The highest BCUT2D eigenvalue weighted by Gasteiger charge is 2.07. The van der Waals surface area contributed by atoms with E-state index in [1.165, 1.54) is 0 Å². The molecule has 136 valence electrons. The zero-order chi connectivity index (χ0) is 18.5. The zero-order valence-corrected chi connectivity index (χ0v) is 14.8. The minimum atomic E-state index is -0.140. The second-order valence-electron chi connectivity index (χ2n) is 6.25. The third kappa shape index (κ3) is 3.89. The quantitative estimate of drug-likeness (QED) is 0.514. The van der Waals surface area contributed by atoms with Gasteiger partial charge in [0.1, 0.15) is 16.9 Å². The molecule has 0 aliphatic carbocycles. The Bertz CT molecular complexity index is 1070. The maximum absolute atomic E-state index is 12.1. The van der Waals surface area contributed by atoms with Gasteiger partial charge in [0.2, 0.25) is 0 Å². The topological polar surface area (TPSA) is 69.0 Å². The molecule has 4 rings (SSSR count). The maximum Gasteiger partial charge on any atom is 0.257 e. The van der Waals surface area contributed by atoms with Gasteiger partial charge >= 0.3 is 0 Å². The van der Waals surface area contributed by atoms with Crippen LogP contribution in [0.4, 0.5) is 0 Å². The van der Waals surface area contributed by atoms with Crippen molar-refractivity contribution in [3.63, 3.8) is 0 Å². The molecule has 0 unspecified atom stereocenters. The third-order valence-corrected chi connectivity index (χ3v) is 4.38. The van der Waals surface area contributed by atoms with Gasteiger partial charge in [-0.05, 0) is 36.8 Å². The fraction of sp³-hybridized carbons (Fsp3) is 0.190. The van der Waals surface area contributed by atoms with Crippen LogP contribution in [-0.4, -0.2) is 33.6 Å². The van der Waals surface area contributed by atoms with Crippen LogP contribution in [0.3, 0.4) is 0 Å². The van der Waals surface area contributed by atoms with Gasteiger partial charge in [-0.1, -0.05) is 18.2 Å². The van der Waals surface area contributed by atoms with Crippen molar-refractivity contribution in [3.8, 4) is 5.75 Å². The average molecular weight is 360 g/mol. The van der Waals surface area contributed by atoms with Gasteiger partial charge < -0.3 is 14.6 Å². The SMILES string of the molecule is O=C(COc1cccc2cccnc12)NCCCn1ccc2cccnc21. The number of aryl methyl sites for hydroxylation is 1. The highest BCUT2D eigenvalue weighted by molar-refractivity contribution is 5.85. The molecule has 0 saturated carbocycles. The highest BCUT2D eigenvalue weighted by Crippen LogP contribution is 2.22. The van der Waals surface area contributed by atoms with Crippen LogP contribution in [0.2, 0.25) is 0 Å². The Labute approximate surface area is 156 Å². The van der Waals surface area contributed by atoms with Crippen LogP contribution in [0, 0.1) is 0 Å². The van der Waals surface area contributed by atoms with E-state index in [-0.39, 0.29) is 12.5 Å². The molecule has 3 heterocycles. The molecule has 0 atom stereocenters. The maximum atomic E-state index is 12.1. The van der Waals surface area contributed by atoms with Crippen LogP contribution in [0.5, 0.6) is 5.75 Å². The fourth-order valence-corrected chi connectivity index (χ4v) is 3.07. The van der Waals surface area contributed by atoms with E-state index in [1.54, 1.807) is 12.4 Å². The Morgan fingerprint density at radius 3 is 2.74 bits per heavy atom. The number of amides is 1. The van der Waals surface area contributed by atoms with E-state index < -0.39 is 0 Å². The lowest BCUT2D eigenvalue weighted by Gasteiger charge is -2.09. The number of fused-ring (bicyclic) bond motifs is 2. The summed E-state index contributed by atoms with van der Waals surface area (Å²) in [5.74, 6) is 0.478. The number of pyridine rings is 2. The van der Waals surface area contributed by atoms with E-state index in [0.717, 1.165) is 34.9 Å². The average Bonchev–Trinajstić information content (AvgIpc) is 3.13. The van der Waals surface area contributed by atoms with Gasteiger partial charge in [-0.2, -0.15) is 0 Å². The second kappa shape index (κ2) is 7.86. The largest absolute Gasteiger partial charge is 0.481 e. The van der Waals surface area contributed by atoms with E-state index in [1.807, 2.05) is 54.7 Å². The molecule has 27 heavy (non-hydrogen) atoms. The summed E-state index contributed by atoms with van der Waals surface area (Å²) in [7, 11) is 0. The molecule has 0 aliphatic heterocycles. The smallest absolute Gasteiger partial charge is 0.257 e. The molecular formula is C21H20N4O2. The molecule has 0 saturated heterocycles. The van der Waals surface area contributed by atoms with Crippen LogP contribution in [0.25, 0.3) is 21.9 Å². The summed E-state index contributed by atoms with van der Waals surface area (Å²) in [5, 5.41) is 5.01. The Balaban J connectivity index is 1.25. The summed E-state index contributed by atoms with van der Waals surface area (Å²) >= 11 is 0. The Hall–Kier alpha value is -3.41. The van der Waals surface area contributed by atoms with Gasteiger partial charge in [0.15, 0.2) is 6.61 Å². The van der Waals surface area contributed by atoms with Crippen LogP contribution in [0.1, 0.15) is 6.42 Å². The second-order valence-corrected chi connectivity index (χ2v) is 6.25. The van der Waals surface area contributed by atoms with Crippen LogP contribution in [0.15, 0.2) is 67.1 Å². The first-order chi connectivity index (χ1) is 13.3. The van der Waals surface area contributed by atoms with Crippen molar-refractivity contribution < 1.29 is 9.53 Å². The summed E-state index contributed by atoms with van der Waals surface area (Å²) < 4.78 is 7.75. The van der Waals surface area contributed by atoms with Crippen molar-refractivity contribution in [2.24, 2.45) is 0 Å². The van der Waals surface area contributed by atoms with E-state index in [9.17, 15) is 4.79 Å². The number of carbonyl (C=O) groups is 1. The van der Waals surface area contributed by atoms with Gasteiger partial charge in [-0.3, -0.25) is 9.78 Å². The van der Waals surface area contributed by atoms with E-state index >= 15 is 0 Å². The molecule has 6 nitrogen and oxygen atoms in total. The van der Waals surface area contributed by atoms with Crippen molar-refractivity contribution in [3.05, 3.63) is 67.1 Å². The molecule has 0 spiro atoms. The minimum Gasteiger partial charge on any atom is -0.481 e. The summed E-state index contributed by atoms with van der Waals surface area (Å²) in [6.07, 6.45) is 6.35. The number of nitrogens with one attached hydrogen (secondary N) is 1. The predicted molar refractivity (Wildman–Crippen MR) is 105 cm³/mol. The number of ether oxygens (including phenoxy) is 1. The molecule has 3 aromatic heterocycles. The monoisotopic (exact) mass is 360 g/mol. The fourth-order valence-electron chi connectivity index (χ4n) is 3.07. The van der Waals surface area contributed by atoms with Crippen molar-refractivity contribution in [1.29, 1.82) is 0 Å². The van der Waals surface area contributed by atoms with E-state index in [4.69, 9.17) is 4.74 Å². The molecular weight excluding hydrogens is 340 g/mol. The number of nitrogens with zero attached hydrogens (tertiary/aromatic N) is 3. The first kappa shape index (κ1) is 17.0. The Morgan fingerprint density at radius 2 is 1.81 bits per heavy atom. The van der Waals surface area contributed by atoms with E-state index in [0.29, 0.717) is 12.3 Å². The third-order valence-electron chi connectivity index (χ3n) is 4.38. The lowest BCUT2D eigenvalue weighted by atomic mass is 10.2. The molecule has 0 bridgehead atoms. The minimum absolute atomic E-state index is 0.0241. The van der Waals surface area contributed by atoms with Gasteiger partial charge in [0.25, 0.3) is 5.91 Å². The van der Waals surface area contributed by atoms with Crippen molar-refractivity contribution in [2.45, 2.75) is 13.0 Å². The van der Waals surface area contributed by atoms with Gasteiger partial charge in [-0.15, -0.1) is 0 Å². The first-order valence-electron chi connectivity index (χ1n) is 8.94. The number of para-hydroxylation sites is 1. The number of aromatic nitrogens is 3. The van der Waals surface area contributed by atoms with Gasteiger partial charge in [0, 0.05) is 42.5 Å². The van der Waals surface area contributed by atoms with Crippen molar-refractivity contribution in [1.82, 2.24) is 19.9 Å². The first-order valence-corrected chi connectivity index (χ1v) is 8.94. The molecule has 0 fully saturated rings. The summed E-state index contributed by atoms with van der Waals surface area (Å²) in [5.41, 5.74) is 1.73. The zero-order valence-electron chi connectivity index (χ0n) is 14.8. The number of carbonyl (C=O) groups excluding carboxylic acids is 1. The van der Waals surface area contributed by atoms with E-state index in [2.05, 4.69) is 19.9 Å². The standard InChI is InChI=1S/C21H20N4O2/c26-19(15-27-18-8-1-5-16-6-2-10-23-20(16)18)22-12-4-13-25-14-9-17-7-3-11-24-21(17)25/h1-3,5-11,14H,4,12-13,15H2,(H,22,26). The molecule has 1 amide bonds. The molecule has 1 aromatic carbocycles. The van der Waals surface area contributed by atoms with Crippen LogP contribution < -0.4 is 10.1 Å². The lowest BCUT2D eigenvalue weighted by Crippen LogP contribution is -2.30. The lowest BCUT2D eigenvalue weighted by molar-refractivity contribution is -0.123. The summed E-state index contributed by atoms with van der Waals surface area (Å²) in [4.78, 5) is 20.8. The Morgan fingerprint density at radius 1 is 1.00 bits per heavy atom. The predicted octanol–water partition coefficient (Wildman–Crippen LogP) is 3.17. The van der Waals surface area contributed by atoms with Gasteiger partial charge in [-0.25, -0.2) is 4.98 Å². The van der Waals surface area contributed by atoms with Crippen molar-refractivity contribution >= 4 is 27.8 Å². The number of hydrogen-bond acceptors (Lipinski definition) is 4. The Kier molecular flexibility index (Phi) is 4.96. The van der Waals surface area contributed by atoms with Gasteiger partial charge in [0.05, 0.1) is 0 Å². The molecule has 1 N–H and O–H groups in total. The summed E-state index contributed by atoms with van der Waals surface area (Å²) in [6, 6.07) is 15.6. The number of hydrogen-bond donors (Lipinski definition) is 1. The summed E-state index contributed by atoms with van der Waals surface area (Å²) in [6.45, 7) is 1.36. The molecule has 4 aromatic rings. The highest BCUT2D eigenvalue weighted by atomic mass is 16.5. The molecule has 6 heteroatoms.